The Hall–Kier alpha value is -1.91. The van der Waals surface area contributed by atoms with Gasteiger partial charge in [-0.2, -0.15) is 0 Å². The summed E-state index contributed by atoms with van der Waals surface area (Å²) < 4.78 is 0. The standard InChI is InChI=1S/C14H20N2O3/c1-4-9(2)12(14(18)19)16-13(17)10(3)11-6-5-7-15-8-11/h5-10,12H,4H2,1-3H3,(H,16,17)(H,18,19)/t9-,10-,12-/m0/s1. The van der Waals surface area contributed by atoms with Crippen LogP contribution in [-0.4, -0.2) is 28.0 Å². The molecule has 0 radical (unpaired) electrons. The van der Waals surface area contributed by atoms with Crippen LogP contribution >= 0.6 is 0 Å². The van der Waals surface area contributed by atoms with E-state index in [0.29, 0.717) is 6.42 Å². The van der Waals surface area contributed by atoms with Crippen LogP contribution in [0, 0.1) is 5.92 Å². The highest BCUT2D eigenvalue weighted by atomic mass is 16.4. The summed E-state index contributed by atoms with van der Waals surface area (Å²) in [6.07, 6.45) is 3.94. The zero-order valence-corrected chi connectivity index (χ0v) is 11.5. The van der Waals surface area contributed by atoms with Gasteiger partial charge in [0.1, 0.15) is 6.04 Å². The van der Waals surface area contributed by atoms with Crippen molar-refractivity contribution in [1.82, 2.24) is 10.3 Å². The van der Waals surface area contributed by atoms with Crippen molar-refractivity contribution in [2.75, 3.05) is 0 Å². The Labute approximate surface area is 113 Å². The summed E-state index contributed by atoms with van der Waals surface area (Å²) in [7, 11) is 0. The van der Waals surface area contributed by atoms with Gasteiger partial charge < -0.3 is 10.4 Å². The highest BCUT2D eigenvalue weighted by Gasteiger charge is 2.27. The number of hydrogen-bond donors (Lipinski definition) is 2. The van der Waals surface area contributed by atoms with Crippen LogP contribution in [0.4, 0.5) is 0 Å². The van der Waals surface area contributed by atoms with Crippen LogP contribution in [0.25, 0.3) is 0 Å². The minimum Gasteiger partial charge on any atom is -0.480 e. The van der Waals surface area contributed by atoms with Crippen molar-refractivity contribution < 1.29 is 14.7 Å². The first-order valence-corrected chi connectivity index (χ1v) is 6.40. The van der Waals surface area contributed by atoms with Crippen LogP contribution in [-0.2, 0) is 9.59 Å². The van der Waals surface area contributed by atoms with Gasteiger partial charge in [-0.1, -0.05) is 26.3 Å². The monoisotopic (exact) mass is 264 g/mol. The summed E-state index contributed by atoms with van der Waals surface area (Å²) in [5, 5.41) is 11.7. The highest BCUT2D eigenvalue weighted by Crippen LogP contribution is 2.15. The van der Waals surface area contributed by atoms with Crippen molar-refractivity contribution in [3.8, 4) is 0 Å². The van der Waals surface area contributed by atoms with E-state index in [1.807, 2.05) is 13.8 Å². The average Bonchev–Trinajstić information content (AvgIpc) is 2.43. The van der Waals surface area contributed by atoms with Crippen LogP contribution < -0.4 is 5.32 Å². The lowest BCUT2D eigenvalue weighted by Gasteiger charge is -2.22. The number of amides is 1. The average molecular weight is 264 g/mol. The molecule has 19 heavy (non-hydrogen) atoms. The van der Waals surface area contributed by atoms with E-state index in [1.165, 1.54) is 0 Å². The van der Waals surface area contributed by atoms with E-state index in [0.717, 1.165) is 5.56 Å². The van der Waals surface area contributed by atoms with E-state index in [2.05, 4.69) is 10.3 Å². The second-order valence-electron chi connectivity index (χ2n) is 4.72. The Kier molecular flexibility index (Phi) is 5.48. The summed E-state index contributed by atoms with van der Waals surface area (Å²) in [6.45, 7) is 5.45. The van der Waals surface area contributed by atoms with Crippen molar-refractivity contribution >= 4 is 11.9 Å². The Balaban J connectivity index is 2.75. The summed E-state index contributed by atoms with van der Waals surface area (Å²) in [6, 6.07) is 2.70. The number of carboxylic acid groups (broad SMARTS) is 1. The molecule has 3 atom stereocenters. The molecule has 2 N–H and O–H groups in total. The van der Waals surface area contributed by atoms with Crippen molar-refractivity contribution in [3.63, 3.8) is 0 Å². The number of rotatable bonds is 6. The van der Waals surface area contributed by atoms with Crippen LogP contribution in [0.5, 0.6) is 0 Å². The van der Waals surface area contributed by atoms with Gasteiger partial charge in [-0.05, 0) is 24.5 Å². The predicted molar refractivity (Wildman–Crippen MR) is 71.7 cm³/mol. The first-order valence-electron chi connectivity index (χ1n) is 6.40. The minimum absolute atomic E-state index is 0.109. The zero-order chi connectivity index (χ0) is 14.4. The molecule has 0 fully saturated rings. The first kappa shape index (κ1) is 15.1. The van der Waals surface area contributed by atoms with E-state index in [4.69, 9.17) is 5.11 Å². The molecule has 5 nitrogen and oxygen atoms in total. The number of nitrogens with one attached hydrogen (secondary N) is 1. The van der Waals surface area contributed by atoms with E-state index < -0.39 is 17.9 Å². The largest absolute Gasteiger partial charge is 0.480 e. The number of pyridine rings is 1. The Morgan fingerprint density at radius 2 is 2.11 bits per heavy atom. The quantitative estimate of drug-likeness (QED) is 0.821. The Bertz CT molecular complexity index is 434. The lowest BCUT2D eigenvalue weighted by Crippen LogP contribution is -2.46. The molecule has 0 aliphatic carbocycles. The van der Waals surface area contributed by atoms with Crippen LogP contribution in [0.2, 0.25) is 0 Å². The van der Waals surface area contributed by atoms with Gasteiger partial charge in [-0.25, -0.2) is 4.79 Å². The van der Waals surface area contributed by atoms with E-state index in [9.17, 15) is 9.59 Å². The summed E-state index contributed by atoms with van der Waals surface area (Å²) in [5.74, 6) is -1.82. The van der Waals surface area contributed by atoms with Crippen molar-refractivity contribution in [1.29, 1.82) is 0 Å². The number of aromatic nitrogens is 1. The summed E-state index contributed by atoms with van der Waals surface area (Å²) in [5.41, 5.74) is 0.772. The van der Waals surface area contributed by atoms with E-state index >= 15 is 0 Å². The number of nitrogens with zero attached hydrogens (tertiary/aromatic N) is 1. The van der Waals surface area contributed by atoms with Gasteiger partial charge in [0, 0.05) is 12.4 Å². The third-order valence-electron chi connectivity index (χ3n) is 3.35. The molecule has 1 heterocycles. The van der Waals surface area contributed by atoms with Crippen molar-refractivity contribution in [2.24, 2.45) is 5.92 Å². The highest BCUT2D eigenvalue weighted by molar-refractivity contribution is 5.87. The van der Waals surface area contributed by atoms with Crippen LogP contribution in [0.3, 0.4) is 0 Å². The molecule has 1 aromatic rings. The first-order chi connectivity index (χ1) is 8.97. The number of carbonyl (C=O) groups excluding carboxylic acids is 1. The lowest BCUT2D eigenvalue weighted by molar-refractivity contribution is -0.143. The smallest absolute Gasteiger partial charge is 0.326 e. The molecule has 0 aromatic carbocycles. The second-order valence-corrected chi connectivity index (χ2v) is 4.72. The lowest BCUT2D eigenvalue weighted by atomic mass is 9.97. The predicted octanol–water partition coefficient (Wildman–Crippen LogP) is 1.80. The Morgan fingerprint density at radius 1 is 1.42 bits per heavy atom. The molecule has 1 aromatic heterocycles. The van der Waals surface area contributed by atoms with E-state index in [1.54, 1.807) is 31.5 Å². The second kappa shape index (κ2) is 6.87. The summed E-state index contributed by atoms with van der Waals surface area (Å²) >= 11 is 0. The van der Waals surface area contributed by atoms with Gasteiger partial charge in [0.25, 0.3) is 0 Å². The van der Waals surface area contributed by atoms with Gasteiger partial charge in [0.15, 0.2) is 0 Å². The molecule has 0 spiro atoms. The molecule has 104 valence electrons. The van der Waals surface area contributed by atoms with Crippen molar-refractivity contribution in [3.05, 3.63) is 30.1 Å². The zero-order valence-electron chi connectivity index (χ0n) is 11.5. The maximum atomic E-state index is 12.1. The van der Waals surface area contributed by atoms with Gasteiger partial charge in [-0.3, -0.25) is 9.78 Å². The van der Waals surface area contributed by atoms with Crippen molar-refractivity contribution in [2.45, 2.75) is 39.2 Å². The molecule has 0 bridgehead atoms. The molecule has 0 aliphatic heterocycles. The summed E-state index contributed by atoms with van der Waals surface area (Å²) in [4.78, 5) is 27.2. The third kappa shape index (κ3) is 4.05. The molecular weight excluding hydrogens is 244 g/mol. The van der Waals surface area contributed by atoms with Crippen LogP contribution in [0.1, 0.15) is 38.7 Å². The molecule has 0 saturated heterocycles. The number of carboxylic acids is 1. The molecule has 0 saturated carbocycles. The molecular formula is C14H20N2O3. The maximum Gasteiger partial charge on any atom is 0.326 e. The molecule has 0 aliphatic rings. The van der Waals surface area contributed by atoms with Crippen LogP contribution in [0.15, 0.2) is 24.5 Å². The van der Waals surface area contributed by atoms with Gasteiger partial charge in [-0.15, -0.1) is 0 Å². The third-order valence-corrected chi connectivity index (χ3v) is 3.35. The normalized spacial score (nSPS) is 15.3. The van der Waals surface area contributed by atoms with Gasteiger partial charge in [0.2, 0.25) is 5.91 Å². The molecule has 5 heteroatoms. The van der Waals surface area contributed by atoms with Gasteiger partial charge >= 0.3 is 5.97 Å². The maximum absolute atomic E-state index is 12.1. The minimum atomic E-state index is -0.999. The fourth-order valence-corrected chi connectivity index (χ4v) is 1.74. The van der Waals surface area contributed by atoms with E-state index in [-0.39, 0.29) is 11.8 Å². The molecule has 0 unspecified atom stereocenters. The SMILES string of the molecule is CC[C@H](C)[C@H](NC(=O)[C@@H](C)c1cccnc1)C(=O)O. The Morgan fingerprint density at radius 3 is 2.58 bits per heavy atom. The molecule has 1 amide bonds. The number of hydrogen-bond acceptors (Lipinski definition) is 3. The number of aliphatic carboxylic acids is 1. The van der Waals surface area contributed by atoms with Gasteiger partial charge in [0.05, 0.1) is 5.92 Å². The molecule has 1 rings (SSSR count). The fourth-order valence-electron chi connectivity index (χ4n) is 1.74. The fraction of sp³-hybridized carbons (Fsp3) is 0.500. The number of carbonyl (C=O) groups is 2. The topological polar surface area (TPSA) is 79.3 Å².